The van der Waals surface area contributed by atoms with E-state index in [1.165, 1.54) is 5.15 Å². The van der Waals surface area contributed by atoms with Gasteiger partial charge in [-0.15, -0.1) is 0 Å². The SMILES string of the molecule is FOF.[AlH3].[Y].[Zr]. The fourth-order valence-electron chi connectivity index (χ4n) is 0. The first kappa shape index (κ1) is 23.9. The van der Waals surface area contributed by atoms with E-state index in [1.807, 2.05) is 0 Å². The van der Waals surface area contributed by atoms with Crippen LogP contribution in [0.5, 0.6) is 0 Å². The minimum atomic E-state index is 0. The minimum absolute atomic E-state index is 0. The molecule has 33 valence electrons. The van der Waals surface area contributed by atoms with Gasteiger partial charge >= 0.3 is 0 Å². The molecule has 0 aliphatic rings. The summed E-state index contributed by atoms with van der Waals surface area (Å²) in [6.45, 7) is 0. The molecule has 0 unspecified atom stereocenters. The van der Waals surface area contributed by atoms with Crippen LogP contribution in [-0.2, 0) is 64.1 Å². The number of hydrogen-bond acceptors (Lipinski definition) is 1. The van der Waals surface area contributed by atoms with Gasteiger partial charge < -0.3 is 0 Å². The molecule has 0 N–H and O–H groups in total. The second-order valence-electron chi connectivity index (χ2n) is 0.0583. The largest absolute Gasteiger partial charge is 0.187 e. The maximum Gasteiger partial charge on any atom is 0.187 e. The molecular formula is H3AlF2OYZr. The van der Waals surface area contributed by atoms with Gasteiger partial charge in [-0.05, 0) is 9.05 Å². The third-order valence-corrected chi connectivity index (χ3v) is 0. The zero-order valence-corrected chi connectivity index (χ0v) is 7.54. The molecule has 0 atom stereocenters. The van der Waals surface area contributed by atoms with Crippen LogP contribution < -0.4 is 0 Å². The number of halogens is 2. The second-order valence-corrected chi connectivity index (χ2v) is 0.0583. The van der Waals surface area contributed by atoms with Crippen LogP contribution in [0, 0.1) is 0 Å². The van der Waals surface area contributed by atoms with Crippen molar-refractivity contribution in [1.29, 1.82) is 0 Å². The molecule has 0 saturated carbocycles. The molecule has 1 nitrogen and oxygen atoms in total. The minimum Gasteiger partial charge on any atom is -0.0104 e. The van der Waals surface area contributed by atoms with Crippen molar-refractivity contribution in [3.63, 3.8) is 0 Å². The van der Waals surface area contributed by atoms with Crippen molar-refractivity contribution in [3.8, 4) is 0 Å². The molecule has 0 heterocycles. The van der Waals surface area contributed by atoms with Crippen LogP contribution in [0.25, 0.3) is 0 Å². The summed E-state index contributed by atoms with van der Waals surface area (Å²) in [6, 6.07) is 0. The van der Waals surface area contributed by atoms with Gasteiger partial charge in [-0.3, -0.25) is 0 Å². The molecule has 0 aromatic carbocycles. The van der Waals surface area contributed by atoms with Crippen LogP contribution in [0.1, 0.15) is 0 Å². The molecule has 6 heavy (non-hydrogen) atoms. The van der Waals surface area contributed by atoms with E-state index < -0.39 is 0 Å². The number of hydrogen-bond donors (Lipinski definition) is 0. The summed E-state index contributed by atoms with van der Waals surface area (Å²) in [5, 5.41) is 1.25. The predicted molar refractivity (Wildman–Crippen MR) is 13.2 cm³/mol. The van der Waals surface area contributed by atoms with Gasteiger partial charge in [-0.2, -0.15) is 0 Å². The van der Waals surface area contributed by atoms with Crippen LogP contribution >= 0.6 is 0 Å². The van der Waals surface area contributed by atoms with Crippen LogP contribution in [-0.4, -0.2) is 17.4 Å². The van der Waals surface area contributed by atoms with E-state index in [0.717, 1.165) is 0 Å². The summed E-state index contributed by atoms with van der Waals surface area (Å²) in [5.74, 6) is 0. The summed E-state index contributed by atoms with van der Waals surface area (Å²) in [4.78, 5) is 0. The summed E-state index contributed by atoms with van der Waals surface area (Å²) in [5.41, 5.74) is 0. The third-order valence-electron chi connectivity index (χ3n) is 0. The zero-order valence-electron chi connectivity index (χ0n) is 2.24. The summed E-state index contributed by atoms with van der Waals surface area (Å²) in [7, 11) is 0. The van der Waals surface area contributed by atoms with Gasteiger partial charge in [-0.25, -0.2) is 0 Å². The first-order valence-electron chi connectivity index (χ1n) is 0.309. The van der Waals surface area contributed by atoms with Crippen LogP contribution in [0.3, 0.4) is 0 Å². The Morgan fingerprint density at radius 3 is 1.17 bits per heavy atom. The Labute approximate surface area is 89.1 Å². The van der Waals surface area contributed by atoms with E-state index in [2.05, 4.69) is 0 Å². The van der Waals surface area contributed by atoms with Crippen molar-refractivity contribution in [2.45, 2.75) is 0 Å². The van der Waals surface area contributed by atoms with E-state index in [0.29, 0.717) is 0 Å². The van der Waals surface area contributed by atoms with Crippen LogP contribution in [0.2, 0.25) is 0 Å². The predicted octanol–water partition coefficient (Wildman–Crippen LogP) is -0.417. The molecule has 0 fully saturated rings. The van der Waals surface area contributed by atoms with E-state index in [1.54, 1.807) is 0 Å². The standard InChI is InChI=1S/Al.F2O.Y.Zr.3H/c;1-3-2;;;;;. The van der Waals surface area contributed by atoms with Crippen molar-refractivity contribution in [1.82, 2.24) is 0 Å². The fraction of sp³-hybridized carbons (Fsp3) is 0. The molecule has 0 rings (SSSR count). The Morgan fingerprint density at radius 1 is 1.17 bits per heavy atom. The van der Waals surface area contributed by atoms with E-state index in [9.17, 15) is 0 Å². The second kappa shape index (κ2) is 26.4. The maximum atomic E-state index is 9.12. The first-order chi connectivity index (χ1) is 1.41. The van der Waals surface area contributed by atoms with Crippen molar-refractivity contribution < 1.29 is 73.1 Å². The van der Waals surface area contributed by atoms with Crippen molar-refractivity contribution >= 4 is 17.4 Å². The van der Waals surface area contributed by atoms with E-state index >= 15 is 0 Å². The Hall–Kier alpha value is 2.34. The Balaban J connectivity index is -0.00000000667. The van der Waals surface area contributed by atoms with Gasteiger partial charge in [0.15, 0.2) is 17.4 Å². The van der Waals surface area contributed by atoms with Crippen molar-refractivity contribution in [2.75, 3.05) is 0 Å². The van der Waals surface area contributed by atoms with Crippen LogP contribution in [0.4, 0.5) is 9.05 Å². The van der Waals surface area contributed by atoms with Gasteiger partial charge in [0, 0.05) is 64.1 Å². The summed E-state index contributed by atoms with van der Waals surface area (Å²) < 4.78 is 18.2. The first-order valence-corrected chi connectivity index (χ1v) is 0.309. The molecule has 0 aliphatic carbocycles. The Bertz CT molecular complexity index is 13.5. The topological polar surface area (TPSA) is 9.23 Å². The normalized spacial score (nSPS) is 3.00. The molecule has 0 amide bonds. The fourth-order valence-corrected chi connectivity index (χ4v) is 0. The summed E-state index contributed by atoms with van der Waals surface area (Å²) >= 11 is 0. The number of rotatable bonds is 0. The van der Waals surface area contributed by atoms with Gasteiger partial charge in [0.05, 0.1) is 0 Å². The molecule has 6 heteroatoms. The molecule has 0 spiro atoms. The molecule has 0 aromatic rings. The summed E-state index contributed by atoms with van der Waals surface area (Å²) in [6.07, 6.45) is 0. The monoisotopic (exact) mass is 263 g/mol. The average Bonchev–Trinajstić information content (AvgIpc) is 0.918. The smallest absolute Gasteiger partial charge is 0.0104 e. The van der Waals surface area contributed by atoms with Crippen molar-refractivity contribution in [2.24, 2.45) is 0 Å². The Kier molecular flexibility index (Phi) is 105. The maximum absolute atomic E-state index is 9.12. The van der Waals surface area contributed by atoms with Gasteiger partial charge in [0.2, 0.25) is 0 Å². The molecule has 0 saturated heterocycles. The van der Waals surface area contributed by atoms with Crippen molar-refractivity contribution in [3.05, 3.63) is 0 Å². The van der Waals surface area contributed by atoms with Gasteiger partial charge in [0.1, 0.15) is 0 Å². The average molecular weight is 264 g/mol. The third kappa shape index (κ3) is 33.0. The quantitative estimate of drug-likeness (QED) is 0.540. The molecule has 1 radical (unpaired) electrons. The Morgan fingerprint density at radius 2 is 1.17 bits per heavy atom. The molecule has 0 bridgehead atoms. The van der Waals surface area contributed by atoms with Crippen LogP contribution in [0.15, 0.2) is 0 Å². The molecular weight excluding hydrogens is 261 g/mol. The molecule has 0 aromatic heterocycles. The zero-order chi connectivity index (χ0) is 2.71. The van der Waals surface area contributed by atoms with E-state index in [4.69, 9.17) is 9.05 Å². The molecule has 0 aliphatic heterocycles. The van der Waals surface area contributed by atoms with Gasteiger partial charge in [-0.1, -0.05) is 0 Å². The van der Waals surface area contributed by atoms with E-state index in [-0.39, 0.29) is 76.3 Å². The van der Waals surface area contributed by atoms with Gasteiger partial charge in [0.25, 0.3) is 0 Å².